The molecule has 0 spiro atoms. The Morgan fingerprint density at radius 1 is 1.13 bits per heavy atom. The maximum Gasteiger partial charge on any atom is 0.434 e. The van der Waals surface area contributed by atoms with Gasteiger partial charge in [0.05, 0.1) is 18.1 Å². The first kappa shape index (κ1) is 25.5. The number of aryl methyl sites for hydroxylation is 1. The maximum atomic E-state index is 13.5. The lowest BCUT2D eigenvalue weighted by Gasteiger charge is -2.38. The van der Waals surface area contributed by atoms with Crippen LogP contribution in [0.1, 0.15) is 35.8 Å². The van der Waals surface area contributed by atoms with E-state index >= 15 is 0 Å². The average Bonchev–Trinajstić information content (AvgIpc) is 3.59. The largest absolute Gasteiger partial charge is 0.434 e. The molecule has 1 fully saturated rings. The van der Waals surface area contributed by atoms with Crippen molar-refractivity contribution in [2.45, 2.75) is 44.1 Å². The highest BCUT2D eigenvalue weighted by atomic mass is 35.5. The molecule has 0 saturated carbocycles. The molecule has 2 unspecified atom stereocenters. The second-order valence-corrected chi connectivity index (χ2v) is 11.1. The van der Waals surface area contributed by atoms with Crippen LogP contribution in [0.25, 0.3) is 10.9 Å². The molecule has 1 N–H and O–H groups in total. The van der Waals surface area contributed by atoms with E-state index in [1.807, 2.05) is 40.9 Å². The summed E-state index contributed by atoms with van der Waals surface area (Å²) in [5.74, 6) is 0.330. The Labute approximate surface area is 228 Å². The van der Waals surface area contributed by atoms with E-state index < -0.39 is 11.9 Å². The van der Waals surface area contributed by atoms with Crippen molar-refractivity contribution in [1.29, 1.82) is 0 Å². The normalized spacial score (nSPS) is 20.4. The maximum absolute atomic E-state index is 13.5. The topological polar surface area (TPSA) is 44.0 Å². The zero-order valence-corrected chi connectivity index (χ0v) is 22.4. The van der Waals surface area contributed by atoms with Gasteiger partial charge in [-0.25, -0.2) is 14.1 Å². The summed E-state index contributed by atoms with van der Waals surface area (Å²) < 4.78 is 44.7. The number of aromatic nitrogens is 4. The Kier molecular flexibility index (Phi) is 6.56. The predicted molar refractivity (Wildman–Crippen MR) is 142 cm³/mol. The fourth-order valence-electron chi connectivity index (χ4n) is 6.01. The van der Waals surface area contributed by atoms with Gasteiger partial charge in [-0.1, -0.05) is 23.2 Å². The number of fused-ring (bicyclic) bond motifs is 3. The number of halogens is 5. The van der Waals surface area contributed by atoms with Gasteiger partial charge in [-0.05, 0) is 55.2 Å². The molecule has 5 heterocycles. The summed E-state index contributed by atoms with van der Waals surface area (Å²) in [7, 11) is 2.00. The zero-order valence-electron chi connectivity index (χ0n) is 20.8. The number of hydrogen-bond donors (Lipinski definition) is 1. The number of nitrogens with one attached hydrogen (secondary N) is 1. The molecule has 3 aromatic heterocycles. The van der Waals surface area contributed by atoms with Crippen LogP contribution >= 0.6 is 23.2 Å². The van der Waals surface area contributed by atoms with Gasteiger partial charge in [-0.2, -0.15) is 13.2 Å². The first-order valence-corrected chi connectivity index (χ1v) is 13.5. The molecular formula is C27H28Cl2F3N6+. The van der Waals surface area contributed by atoms with Crippen LogP contribution in [0.2, 0.25) is 10.0 Å². The van der Waals surface area contributed by atoms with E-state index in [-0.39, 0.29) is 17.1 Å². The first-order chi connectivity index (χ1) is 18.2. The predicted octanol–water partition coefficient (Wildman–Crippen LogP) is 5.78. The Morgan fingerprint density at radius 3 is 2.74 bits per heavy atom. The Morgan fingerprint density at radius 2 is 1.97 bits per heavy atom. The summed E-state index contributed by atoms with van der Waals surface area (Å²) in [5, 5.41) is 1.49. The number of H-pyrrole nitrogens is 1. The monoisotopic (exact) mass is 563 g/mol. The number of alkyl halides is 3. The second-order valence-electron chi connectivity index (χ2n) is 10.2. The van der Waals surface area contributed by atoms with Gasteiger partial charge in [-0.15, -0.1) is 0 Å². The van der Waals surface area contributed by atoms with Gasteiger partial charge in [0.2, 0.25) is 6.33 Å². The van der Waals surface area contributed by atoms with E-state index in [9.17, 15) is 13.2 Å². The van der Waals surface area contributed by atoms with Crippen LogP contribution in [-0.4, -0.2) is 45.1 Å². The lowest BCUT2D eigenvalue weighted by molar-refractivity contribution is -0.671. The van der Waals surface area contributed by atoms with E-state index in [0.29, 0.717) is 17.4 Å². The summed E-state index contributed by atoms with van der Waals surface area (Å²) in [6, 6.07) is 8.98. The van der Waals surface area contributed by atoms with Gasteiger partial charge in [0.25, 0.3) is 0 Å². The Hall–Kier alpha value is -2.75. The molecule has 200 valence electrons. The Bertz CT molecular complexity index is 1480. The molecule has 0 amide bonds. The van der Waals surface area contributed by atoms with E-state index in [1.165, 1.54) is 17.3 Å². The van der Waals surface area contributed by atoms with Crippen molar-refractivity contribution in [2.75, 3.05) is 24.5 Å². The van der Waals surface area contributed by atoms with Crippen LogP contribution < -0.4 is 9.47 Å². The third kappa shape index (κ3) is 4.76. The highest BCUT2D eigenvalue weighted by Crippen LogP contribution is 2.39. The van der Waals surface area contributed by atoms with Crippen molar-refractivity contribution >= 4 is 39.9 Å². The minimum Gasteiger partial charge on any atom is -0.357 e. The van der Waals surface area contributed by atoms with Crippen LogP contribution in [0.4, 0.5) is 19.0 Å². The molecule has 2 aliphatic rings. The molecule has 2 atom stereocenters. The second kappa shape index (κ2) is 9.77. The fraction of sp³-hybridized carbons (Fsp3) is 0.407. The van der Waals surface area contributed by atoms with Gasteiger partial charge in [-0.3, -0.25) is 4.90 Å². The highest BCUT2D eigenvalue weighted by molar-refractivity contribution is 6.31. The quantitative estimate of drug-likeness (QED) is 0.313. The van der Waals surface area contributed by atoms with Gasteiger partial charge in [0.15, 0.2) is 5.69 Å². The molecule has 4 aromatic rings. The lowest BCUT2D eigenvalue weighted by atomic mass is 9.96. The summed E-state index contributed by atoms with van der Waals surface area (Å²) in [6.45, 7) is 2.98. The lowest BCUT2D eigenvalue weighted by Crippen LogP contribution is -2.46. The molecule has 0 bridgehead atoms. The number of imidazole rings is 1. The molecule has 2 aliphatic heterocycles. The molecular weight excluding hydrogens is 536 g/mol. The van der Waals surface area contributed by atoms with Gasteiger partial charge in [0.1, 0.15) is 24.8 Å². The first-order valence-electron chi connectivity index (χ1n) is 12.7. The van der Waals surface area contributed by atoms with Crippen molar-refractivity contribution in [3.8, 4) is 0 Å². The van der Waals surface area contributed by atoms with Crippen LogP contribution in [0.3, 0.4) is 0 Å². The van der Waals surface area contributed by atoms with Crippen LogP contribution in [0.5, 0.6) is 0 Å². The van der Waals surface area contributed by atoms with Gasteiger partial charge in [0, 0.05) is 47.3 Å². The number of pyridine rings is 1. The Balaban J connectivity index is 1.32. The summed E-state index contributed by atoms with van der Waals surface area (Å²) in [5.41, 5.74) is 2.51. The number of nitrogens with zero attached hydrogens (tertiary/aromatic N) is 5. The highest BCUT2D eigenvalue weighted by Gasteiger charge is 2.38. The van der Waals surface area contributed by atoms with Crippen molar-refractivity contribution < 1.29 is 17.7 Å². The number of rotatable bonds is 5. The third-order valence-corrected chi connectivity index (χ3v) is 8.29. The van der Waals surface area contributed by atoms with Crippen molar-refractivity contribution in [3.63, 3.8) is 0 Å². The van der Waals surface area contributed by atoms with Crippen molar-refractivity contribution in [3.05, 3.63) is 76.0 Å². The van der Waals surface area contributed by atoms with Gasteiger partial charge >= 0.3 is 6.18 Å². The third-order valence-electron chi connectivity index (χ3n) is 7.75. The molecule has 38 heavy (non-hydrogen) atoms. The fourth-order valence-corrected chi connectivity index (χ4v) is 6.40. The summed E-state index contributed by atoms with van der Waals surface area (Å²) in [4.78, 5) is 12.1. The van der Waals surface area contributed by atoms with E-state index in [2.05, 4.69) is 32.0 Å². The standard InChI is InChI=1S/C27H28Cl2F3N6/c1-35-11-12-36(16-35)15-23-25-19(20-13-17(28)4-6-22(20)33-25)8-10-37(23)14-18-3-2-9-38(18)24-7-5-21(29)26(34-24)27(30,31)32/h4-7,11-13,16,18,23,33H,2-3,8-10,14-15H2,1H3/q+1. The number of hydrogen-bond acceptors (Lipinski definition) is 3. The van der Waals surface area contributed by atoms with Crippen LogP contribution in [0.15, 0.2) is 49.1 Å². The smallest absolute Gasteiger partial charge is 0.357 e. The zero-order chi connectivity index (χ0) is 26.6. The van der Waals surface area contributed by atoms with E-state index in [1.54, 1.807) is 6.07 Å². The van der Waals surface area contributed by atoms with Crippen LogP contribution in [-0.2, 0) is 26.2 Å². The van der Waals surface area contributed by atoms with E-state index in [0.717, 1.165) is 49.8 Å². The average molecular weight is 564 g/mol. The summed E-state index contributed by atoms with van der Waals surface area (Å²) in [6.07, 6.45) is 4.20. The summed E-state index contributed by atoms with van der Waals surface area (Å²) >= 11 is 12.2. The minimum absolute atomic E-state index is 0.0494. The molecule has 1 aromatic carbocycles. The van der Waals surface area contributed by atoms with Crippen LogP contribution in [0, 0.1) is 0 Å². The van der Waals surface area contributed by atoms with Crippen molar-refractivity contribution in [1.82, 2.24) is 19.4 Å². The molecule has 0 radical (unpaired) electrons. The van der Waals surface area contributed by atoms with Gasteiger partial charge < -0.3 is 9.88 Å². The number of benzene rings is 1. The molecule has 0 aliphatic carbocycles. The number of aromatic amines is 1. The molecule has 6 rings (SSSR count). The van der Waals surface area contributed by atoms with E-state index in [4.69, 9.17) is 23.2 Å². The molecule has 6 nitrogen and oxygen atoms in total. The minimum atomic E-state index is -4.60. The molecule has 1 saturated heterocycles. The number of anilines is 1. The molecule has 11 heteroatoms. The van der Waals surface area contributed by atoms with Crippen molar-refractivity contribution in [2.24, 2.45) is 7.05 Å². The SMILES string of the molecule is C[n+]1ccn(CC2c3[nH]c4ccc(Cl)cc4c3CCN2CC2CCCN2c2ccc(Cl)c(C(F)(F)F)n2)c1.